The molecule has 3 rings (SSSR count). The van der Waals surface area contributed by atoms with Crippen molar-refractivity contribution < 1.29 is 19.5 Å². The van der Waals surface area contributed by atoms with Crippen LogP contribution in [0.3, 0.4) is 0 Å². The molecule has 2 N–H and O–H groups in total. The Kier molecular flexibility index (Phi) is 7.10. The number of nitrogens with two attached hydrogens (primary N) is 1. The number of ether oxygens (including phenoxy) is 3. The van der Waals surface area contributed by atoms with Crippen molar-refractivity contribution in [2.75, 3.05) is 33.6 Å². The van der Waals surface area contributed by atoms with Crippen LogP contribution in [0.4, 0.5) is 0 Å². The number of aromatic nitrogens is 4. The van der Waals surface area contributed by atoms with Crippen LogP contribution in [0.25, 0.3) is 5.69 Å². The Morgan fingerprint density at radius 3 is 2.36 bits per heavy atom. The normalized spacial score (nSPS) is 10.7. The summed E-state index contributed by atoms with van der Waals surface area (Å²) < 4.78 is 17.9. The first-order valence-corrected chi connectivity index (χ1v) is 9.82. The summed E-state index contributed by atoms with van der Waals surface area (Å²) in [5.74, 6) is 2.83. The van der Waals surface area contributed by atoms with Gasteiger partial charge in [0.1, 0.15) is 6.54 Å². The van der Waals surface area contributed by atoms with E-state index in [1.165, 1.54) is 0 Å². The molecule has 0 aliphatic carbocycles. The molecule has 0 saturated carbocycles. The van der Waals surface area contributed by atoms with E-state index in [-0.39, 0.29) is 0 Å². The molecule has 0 fully saturated rings. The zero-order valence-electron chi connectivity index (χ0n) is 16.2. The van der Waals surface area contributed by atoms with Gasteiger partial charge in [-0.2, -0.15) is 4.68 Å². The maximum absolute atomic E-state index is 5.40. The van der Waals surface area contributed by atoms with Gasteiger partial charge in [-0.15, -0.1) is 5.10 Å². The lowest BCUT2D eigenvalue weighted by Gasteiger charge is -2.13. The van der Waals surface area contributed by atoms with Crippen LogP contribution in [-0.4, -0.2) is 53.8 Å². The van der Waals surface area contributed by atoms with Crippen LogP contribution in [0.1, 0.15) is 5.56 Å². The minimum absolute atomic E-state index is 0.608. The fraction of sp³-hybridized carbons (Fsp3) is 0.316. The monoisotopic (exact) mass is 402 g/mol. The Morgan fingerprint density at radius 2 is 1.71 bits per heavy atom. The number of methoxy groups -OCH3 is 3. The smallest absolute Gasteiger partial charge is 0.214 e. The second kappa shape index (κ2) is 9.95. The van der Waals surface area contributed by atoms with E-state index < -0.39 is 0 Å². The summed E-state index contributed by atoms with van der Waals surface area (Å²) in [5, 5.41) is 15.0. The number of quaternary nitrogens is 1. The highest BCUT2D eigenvalue weighted by Crippen LogP contribution is 2.37. The van der Waals surface area contributed by atoms with E-state index in [0.717, 1.165) is 35.2 Å². The molecule has 9 heteroatoms. The van der Waals surface area contributed by atoms with Gasteiger partial charge in [-0.3, -0.25) is 0 Å². The quantitative estimate of drug-likeness (QED) is 0.407. The molecule has 0 radical (unpaired) electrons. The van der Waals surface area contributed by atoms with Gasteiger partial charge < -0.3 is 19.5 Å². The molecular weight excluding hydrogens is 378 g/mol. The summed E-state index contributed by atoms with van der Waals surface area (Å²) in [6.45, 7) is 1.73. The first-order chi connectivity index (χ1) is 13.8. The summed E-state index contributed by atoms with van der Waals surface area (Å²) in [6, 6.07) is 13.8. The summed E-state index contributed by atoms with van der Waals surface area (Å²) in [6.07, 6.45) is 0. The van der Waals surface area contributed by atoms with E-state index in [0.29, 0.717) is 17.2 Å². The minimum Gasteiger partial charge on any atom is -0.493 e. The van der Waals surface area contributed by atoms with E-state index in [1.807, 2.05) is 42.5 Å². The second-order valence-corrected chi connectivity index (χ2v) is 6.93. The Hall–Kier alpha value is -2.78. The van der Waals surface area contributed by atoms with Gasteiger partial charge in [0.15, 0.2) is 11.5 Å². The summed E-state index contributed by atoms with van der Waals surface area (Å²) in [5.41, 5.74) is 2.06. The molecule has 0 aliphatic rings. The van der Waals surface area contributed by atoms with E-state index in [1.54, 1.807) is 37.8 Å². The van der Waals surface area contributed by atoms with Crippen LogP contribution in [0, 0.1) is 0 Å². The summed E-state index contributed by atoms with van der Waals surface area (Å²) in [4.78, 5) is 0. The van der Waals surface area contributed by atoms with E-state index in [4.69, 9.17) is 14.2 Å². The number of thioether (sulfide) groups is 1. The van der Waals surface area contributed by atoms with E-state index in [9.17, 15) is 0 Å². The lowest BCUT2D eigenvalue weighted by molar-refractivity contribution is -0.666. The minimum atomic E-state index is 0.608. The van der Waals surface area contributed by atoms with Gasteiger partial charge >= 0.3 is 0 Å². The highest BCUT2D eigenvalue weighted by Gasteiger charge is 2.14. The van der Waals surface area contributed by atoms with Gasteiger partial charge in [0, 0.05) is 5.56 Å². The van der Waals surface area contributed by atoms with Crippen molar-refractivity contribution in [2.45, 2.75) is 11.7 Å². The number of para-hydroxylation sites is 1. The number of hydrogen-bond donors (Lipinski definition) is 1. The molecule has 0 atom stereocenters. The Labute approximate surface area is 168 Å². The van der Waals surface area contributed by atoms with Gasteiger partial charge in [-0.25, -0.2) is 0 Å². The molecule has 8 nitrogen and oxygen atoms in total. The van der Waals surface area contributed by atoms with E-state index in [2.05, 4.69) is 20.8 Å². The highest BCUT2D eigenvalue weighted by molar-refractivity contribution is 7.99. The molecular formula is C19H24N5O3S+. The Morgan fingerprint density at radius 1 is 1.00 bits per heavy atom. The van der Waals surface area contributed by atoms with Crippen molar-refractivity contribution >= 4 is 11.8 Å². The molecule has 0 amide bonds. The zero-order chi connectivity index (χ0) is 19.8. The van der Waals surface area contributed by atoms with Crippen LogP contribution in [0.15, 0.2) is 47.6 Å². The predicted molar refractivity (Wildman–Crippen MR) is 106 cm³/mol. The van der Waals surface area contributed by atoms with Crippen molar-refractivity contribution in [2.24, 2.45) is 0 Å². The Bertz CT molecular complexity index is 863. The molecule has 28 heavy (non-hydrogen) atoms. The van der Waals surface area contributed by atoms with Crippen molar-refractivity contribution in [3.05, 3.63) is 48.0 Å². The SMILES string of the molecule is COc1cc(C[NH2+]CCSc2nnnn2-c2ccccc2)cc(OC)c1OC. The van der Waals surface area contributed by atoms with Gasteiger partial charge in [0.25, 0.3) is 0 Å². The van der Waals surface area contributed by atoms with Crippen molar-refractivity contribution in [1.82, 2.24) is 20.2 Å². The van der Waals surface area contributed by atoms with Crippen LogP contribution >= 0.6 is 11.8 Å². The topological polar surface area (TPSA) is 87.9 Å². The second-order valence-electron chi connectivity index (χ2n) is 5.87. The predicted octanol–water partition coefficient (Wildman–Crippen LogP) is 1.54. The summed E-state index contributed by atoms with van der Waals surface area (Å²) >= 11 is 1.63. The molecule has 0 bridgehead atoms. The molecule has 0 aliphatic heterocycles. The van der Waals surface area contributed by atoms with Crippen LogP contribution in [0.5, 0.6) is 17.2 Å². The summed E-state index contributed by atoms with van der Waals surface area (Å²) in [7, 11) is 4.85. The number of tetrazole rings is 1. The maximum Gasteiger partial charge on any atom is 0.214 e. The maximum atomic E-state index is 5.40. The van der Waals surface area contributed by atoms with Crippen molar-refractivity contribution in [1.29, 1.82) is 0 Å². The van der Waals surface area contributed by atoms with Crippen LogP contribution in [0.2, 0.25) is 0 Å². The van der Waals surface area contributed by atoms with Gasteiger partial charge in [-0.05, 0) is 34.7 Å². The number of nitrogens with zero attached hydrogens (tertiary/aromatic N) is 4. The molecule has 1 aromatic heterocycles. The van der Waals surface area contributed by atoms with Crippen molar-refractivity contribution in [3.8, 4) is 22.9 Å². The average molecular weight is 403 g/mol. The largest absolute Gasteiger partial charge is 0.493 e. The number of hydrogen-bond acceptors (Lipinski definition) is 7. The van der Waals surface area contributed by atoms with E-state index >= 15 is 0 Å². The first kappa shape index (κ1) is 20.0. The molecule has 0 unspecified atom stereocenters. The third-order valence-electron chi connectivity index (χ3n) is 4.10. The molecule has 0 saturated heterocycles. The number of rotatable bonds is 10. The fourth-order valence-corrected chi connectivity index (χ4v) is 3.58. The lowest BCUT2D eigenvalue weighted by atomic mass is 10.2. The molecule has 2 aromatic carbocycles. The standard InChI is InChI=1S/C19H23N5O3S/c1-25-16-11-14(12-17(26-2)18(16)27-3)13-20-9-10-28-19-21-22-23-24(19)15-7-5-4-6-8-15/h4-8,11-12,20H,9-10,13H2,1-3H3/p+1. The third-order valence-corrected chi connectivity index (χ3v) is 5.05. The average Bonchev–Trinajstić information content (AvgIpc) is 3.21. The molecule has 3 aromatic rings. The van der Waals surface area contributed by atoms with Gasteiger partial charge in [-0.1, -0.05) is 30.0 Å². The highest BCUT2D eigenvalue weighted by atomic mass is 32.2. The lowest BCUT2D eigenvalue weighted by Crippen LogP contribution is -2.83. The van der Waals surface area contributed by atoms with Gasteiger partial charge in [0.2, 0.25) is 10.9 Å². The molecule has 148 valence electrons. The van der Waals surface area contributed by atoms with Gasteiger partial charge in [0.05, 0.1) is 39.3 Å². The third kappa shape index (κ3) is 4.73. The fourth-order valence-electron chi connectivity index (χ4n) is 2.76. The first-order valence-electron chi connectivity index (χ1n) is 8.84. The Balaban J connectivity index is 1.53. The molecule has 1 heterocycles. The molecule has 0 spiro atoms. The zero-order valence-corrected chi connectivity index (χ0v) is 17.0. The van der Waals surface area contributed by atoms with Crippen LogP contribution in [-0.2, 0) is 6.54 Å². The van der Waals surface area contributed by atoms with Crippen molar-refractivity contribution in [3.63, 3.8) is 0 Å². The number of benzene rings is 2. The van der Waals surface area contributed by atoms with Crippen LogP contribution < -0.4 is 19.5 Å².